The topological polar surface area (TPSA) is 37.8 Å². The summed E-state index contributed by atoms with van der Waals surface area (Å²) in [7, 11) is 0. The van der Waals surface area contributed by atoms with Gasteiger partial charge >= 0.3 is 0 Å². The maximum absolute atomic E-state index is 4.33. The van der Waals surface area contributed by atoms with E-state index in [2.05, 4.69) is 27.6 Å². The molecule has 2 aliphatic rings. The first kappa shape index (κ1) is 9.13. The molecule has 80 valence electrons. The van der Waals surface area contributed by atoms with Gasteiger partial charge < -0.3 is 5.32 Å². The van der Waals surface area contributed by atoms with Crippen LogP contribution in [0, 0.1) is 0 Å². The SMILES string of the molecule is c1cc(C2CCCC2)nnc1NC1CC1. The lowest BCUT2D eigenvalue weighted by Gasteiger charge is -2.08. The van der Waals surface area contributed by atoms with E-state index in [0.29, 0.717) is 12.0 Å². The number of rotatable bonds is 3. The van der Waals surface area contributed by atoms with Crippen LogP contribution in [-0.2, 0) is 0 Å². The van der Waals surface area contributed by atoms with Crippen LogP contribution >= 0.6 is 0 Å². The average molecular weight is 203 g/mol. The molecule has 2 saturated carbocycles. The van der Waals surface area contributed by atoms with Crippen LogP contribution in [0.3, 0.4) is 0 Å². The molecule has 0 atom stereocenters. The predicted octanol–water partition coefficient (Wildman–Crippen LogP) is 2.71. The van der Waals surface area contributed by atoms with Crippen molar-refractivity contribution < 1.29 is 0 Å². The van der Waals surface area contributed by atoms with Crippen LogP contribution in [0.15, 0.2) is 12.1 Å². The summed E-state index contributed by atoms with van der Waals surface area (Å²) in [6, 6.07) is 4.89. The molecule has 0 bridgehead atoms. The standard InChI is InChI=1S/C12H17N3/c1-2-4-9(3-1)11-7-8-12(15-14-11)13-10-5-6-10/h7-10H,1-6H2,(H,13,15). The van der Waals surface area contributed by atoms with Crippen molar-refractivity contribution in [3.63, 3.8) is 0 Å². The van der Waals surface area contributed by atoms with Gasteiger partial charge in [0.2, 0.25) is 0 Å². The first-order valence-electron chi connectivity index (χ1n) is 6.02. The van der Waals surface area contributed by atoms with E-state index in [1.807, 2.05) is 0 Å². The first-order chi connectivity index (χ1) is 7.42. The maximum atomic E-state index is 4.33. The quantitative estimate of drug-likeness (QED) is 0.820. The van der Waals surface area contributed by atoms with Crippen molar-refractivity contribution in [3.8, 4) is 0 Å². The van der Waals surface area contributed by atoms with Crippen LogP contribution in [0.5, 0.6) is 0 Å². The molecule has 0 spiro atoms. The third-order valence-corrected chi connectivity index (χ3v) is 3.39. The fraction of sp³-hybridized carbons (Fsp3) is 0.667. The van der Waals surface area contributed by atoms with Crippen molar-refractivity contribution in [2.75, 3.05) is 5.32 Å². The van der Waals surface area contributed by atoms with Gasteiger partial charge in [-0.2, -0.15) is 5.10 Å². The van der Waals surface area contributed by atoms with Gasteiger partial charge in [0.05, 0.1) is 5.69 Å². The number of nitrogens with zero attached hydrogens (tertiary/aromatic N) is 2. The van der Waals surface area contributed by atoms with Gasteiger partial charge in [0.1, 0.15) is 5.82 Å². The van der Waals surface area contributed by atoms with Crippen LogP contribution in [0.2, 0.25) is 0 Å². The number of hydrogen-bond donors (Lipinski definition) is 1. The third kappa shape index (κ3) is 2.11. The van der Waals surface area contributed by atoms with Gasteiger partial charge in [-0.05, 0) is 37.8 Å². The van der Waals surface area contributed by atoms with E-state index in [-0.39, 0.29) is 0 Å². The van der Waals surface area contributed by atoms with E-state index < -0.39 is 0 Å². The molecule has 2 fully saturated rings. The van der Waals surface area contributed by atoms with Crippen LogP contribution in [0.25, 0.3) is 0 Å². The minimum Gasteiger partial charge on any atom is -0.366 e. The zero-order chi connectivity index (χ0) is 10.1. The molecule has 1 aromatic heterocycles. The maximum Gasteiger partial charge on any atom is 0.148 e. The molecular weight excluding hydrogens is 186 g/mol. The smallest absolute Gasteiger partial charge is 0.148 e. The molecule has 3 heteroatoms. The largest absolute Gasteiger partial charge is 0.366 e. The van der Waals surface area contributed by atoms with Gasteiger partial charge in [-0.3, -0.25) is 0 Å². The van der Waals surface area contributed by atoms with E-state index in [1.54, 1.807) is 0 Å². The molecule has 0 unspecified atom stereocenters. The highest BCUT2D eigenvalue weighted by atomic mass is 15.2. The molecule has 2 aliphatic carbocycles. The number of hydrogen-bond acceptors (Lipinski definition) is 3. The van der Waals surface area contributed by atoms with Crippen molar-refractivity contribution in [1.29, 1.82) is 0 Å². The summed E-state index contributed by atoms with van der Waals surface area (Å²) >= 11 is 0. The Morgan fingerprint density at radius 3 is 2.40 bits per heavy atom. The minimum atomic E-state index is 0.664. The van der Waals surface area contributed by atoms with Crippen LogP contribution < -0.4 is 5.32 Å². The Labute approximate surface area is 90.3 Å². The molecule has 15 heavy (non-hydrogen) atoms. The second kappa shape index (κ2) is 3.80. The van der Waals surface area contributed by atoms with E-state index in [4.69, 9.17) is 0 Å². The number of aromatic nitrogens is 2. The summed E-state index contributed by atoms with van der Waals surface area (Å²) < 4.78 is 0. The van der Waals surface area contributed by atoms with Crippen LogP contribution in [-0.4, -0.2) is 16.2 Å². The van der Waals surface area contributed by atoms with Crippen molar-refractivity contribution >= 4 is 5.82 Å². The van der Waals surface area contributed by atoms with Gasteiger partial charge in [-0.1, -0.05) is 12.8 Å². The number of nitrogens with one attached hydrogen (secondary N) is 1. The van der Waals surface area contributed by atoms with E-state index >= 15 is 0 Å². The van der Waals surface area contributed by atoms with E-state index in [1.165, 1.54) is 44.2 Å². The van der Waals surface area contributed by atoms with Gasteiger partial charge in [-0.25, -0.2) is 0 Å². The van der Waals surface area contributed by atoms with Crippen molar-refractivity contribution in [1.82, 2.24) is 10.2 Å². The molecule has 1 heterocycles. The minimum absolute atomic E-state index is 0.664. The van der Waals surface area contributed by atoms with Crippen molar-refractivity contribution in [3.05, 3.63) is 17.8 Å². The molecule has 0 aromatic carbocycles. The summed E-state index contributed by atoms with van der Waals surface area (Å²) in [5, 5.41) is 11.9. The average Bonchev–Trinajstić information content (AvgIpc) is 2.92. The lowest BCUT2D eigenvalue weighted by atomic mass is 10.0. The Morgan fingerprint density at radius 1 is 1.00 bits per heavy atom. The Bertz CT molecular complexity index is 323. The number of anilines is 1. The second-order valence-electron chi connectivity index (χ2n) is 4.74. The summed E-state index contributed by atoms with van der Waals surface area (Å²) in [4.78, 5) is 0. The summed E-state index contributed by atoms with van der Waals surface area (Å²) in [5.41, 5.74) is 1.19. The molecule has 0 amide bonds. The highest BCUT2D eigenvalue weighted by Crippen LogP contribution is 2.33. The summed E-state index contributed by atoms with van der Waals surface area (Å²) in [6.07, 6.45) is 7.87. The third-order valence-electron chi connectivity index (χ3n) is 3.39. The lowest BCUT2D eigenvalue weighted by molar-refractivity contribution is 0.681. The van der Waals surface area contributed by atoms with Crippen molar-refractivity contribution in [2.24, 2.45) is 0 Å². The molecule has 1 N–H and O–H groups in total. The molecule has 3 rings (SSSR count). The van der Waals surface area contributed by atoms with E-state index in [9.17, 15) is 0 Å². The zero-order valence-corrected chi connectivity index (χ0v) is 8.95. The Hall–Kier alpha value is -1.12. The fourth-order valence-electron chi connectivity index (χ4n) is 2.30. The van der Waals surface area contributed by atoms with E-state index in [0.717, 1.165) is 5.82 Å². The normalized spacial score (nSPS) is 21.9. The zero-order valence-electron chi connectivity index (χ0n) is 8.95. The highest BCUT2D eigenvalue weighted by Gasteiger charge is 2.22. The van der Waals surface area contributed by atoms with Gasteiger partial charge in [0.25, 0.3) is 0 Å². The second-order valence-corrected chi connectivity index (χ2v) is 4.74. The Balaban J connectivity index is 1.68. The summed E-state index contributed by atoms with van der Waals surface area (Å²) in [5.74, 6) is 1.62. The fourth-order valence-corrected chi connectivity index (χ4v) is 2.30. The monoisotopic (exact) mass is 203 g/mol. The van der Waals surface area contributed by atoms with Crippen LogP contribution in [0.4, 0.5) is 5.82 Å². The van der Waals surface area contributed by atoms with Crippen molar-refractivity contribution in [2.45, 2.75) is 50.5 Å². The molecule has 1 aromatic rings. The van der Waals surface area contributed by atoms with Gasteiger partial charge in [0, 0.05) is 12.0 Å². The first-order valence-corrected chi connectivity index (χ1v) is 6.02. The highest BCUT2D eigenvalue weighted by molar-refractivity contribution is 5.36. The lowest BCUT2D eigenvalue weighted by Crippen LogP contribution is -2.05. The Kier molecular flexibility index (Phi) is 2.31. The molecule has 0 aliphatic heterocycles. The summed E-state index contributed by atoms with van der Waals surface area (Å²) in [6.45, 7) is 0. The van der Waals surface area contributed by atoms with Gasteiger partial charge in [0.15, 0.2) is 0 Å². The molecule has 0 saturated heterocycles. The molecule has 0 radical (unpaired) electrons. The predicted molar refractivity (Wildman–Crippen MR) is 59.9 cm³/mol. The Morgan fingerprint density at radius 2 is 1.80 bits per heavy atom. The molecular formula is C12H17N3. The van der Waals surface area contributed by atoms with Crippen LogP contribution in [0.1, 0.15) is 50.1 Å². The molecule has 3 nitrogen and oxygen atoms in total. The van der Waals surface area contributed by atoms with Gasteiger partial charge in [-0.15, -0.1) is 5.10 Å².